The first-order valence-corrected chi connectivity index (χ1v) is 13.6. The van der Waals surface area contributed by atoms with Crippen LogP contribution in [0.25, 0.3) is 22.3 Å². The van der Waals surface area contributed by atoms with Crippen LogP contribution in [-0.2, 0) is 9.84 Å². The second-order valence-electron chi connectivity index (χ2n) is 9.47. The summed E-state index contributed by atoms with van der Waals surface area (Å²) >= 11 is 0. The minimum absolute atomic E-state index is 0.0234. The Morgan fingerprint density at radius 3 is 2.56 bits per heavy atom. The minimum atomic E-state index is -3.08. The van der Waals surface area contributed by atoms with Crippen LogP contribution in [0.15, 0.2) is 24.5 Å². The first-order chi connectivity index (χ1) is 16.9. The van der Waals surface area contributed by atoms with Crippen molar-refractivity contribution in [1.82, 2.24) is 25.1 Å². The lowest BCUT2D eigenvalue weighted by molar-refractivity contribution is 0.0808. The molecule has 1 saturated heterocycles. The summed E-state index contributed by atoms with van der Waals surface area (Å²) in [4.78, 5) is 21.3. The lowest BCUT2D eigenvalue weighted by atomic mass is 9.94. The maximum atomic E-state index is 14.8. The monoisotopic (exact) mass is 521 g/mol. The van der Waals surface area contributed by atoms with Crippen LogP contribution in [-0.4, -0.2) is 57.5 Å². The molecule has 2 atom stereocenters. The van der Waals surface area contributed by atoms with Crippen molar-refractivity contribution >= 4 is 26.8 Å². The number of amides is 1. The number of nitrogens with one attached hydrogen (secondary N) is 1. The zero-order valence-electron chi connectivity index (χ0n) is 20.6. The second-order valence-corrected chi connectivity index (χ2v) is 11.8. The van der Waals surface area contributed by atoms with Crippen molar-refractivity contribution in [3.63, 3.8) is 0 Å². The third kappa shape index (κ3) is 5.32. The van der Waals surface area contributed by atoms with Crippen molar-refractivity contribution < 1.29 is 26.7 Å². The van der Waals surface area contributed by atoms with Crippen molar-refractivity contribution in [1.29, 1.82) is 0 Å². The molecule has 0 aliphatic carbocycles. The van der Waals surface area contributed by atoms with Gasteiger partial charge in [0.1, 0.15) is 21.0 Å². The largest absolute Gasteiger partial charge is 0.444 e. The van der Waals surface area contributed by atoms with E-state index in [2.05, 4.69) is 20.4 Å². The van der Waals surface area contributed by atoms with E-state index in [4.69, 9.17) is 4.74 Å². The lowest BCUT2D eigenvalue weighted by Gasteiger charge is -2.34. The first-order valence-electron chi connectivity index (χ1n) is 11.8. The molecule has 9 nitrogen and oxygen atoms in total. The third-order valence-corrected chi connectivity index (χ3v) is 8.18. The number of pyridine rings is 2. The van der Waals surface area contributed by atoms with Gasteiger partial charge in [-0.2, -0.15) is 5.10 Å². The second kappa shape index (κ2) is 9.72. The number of nitrogens with zero attached hydrogens (tertiary/aromatic N) is 4. The molecule has 0 saturated carbocycles. The highest BCUT2D eigenvalue weighted by atomic mass is 32.2. The van der Waals surface area contributed by atoms with Gasteiger partial charge in [0.05, 0.1) is 28.8 Å². The molecule has 36 heavy (non-hydrogen) atoms. The Bertz CT molecular complexity index is 1390. The van der Waals surface area contributed by atoms with Crippen LogP contribution >= 0.6 is 0 Å². The van der Waals surface area contributed by atoms with E-state index >= 15 is 0 Å². The van der Waals surface area contributed by atoms with Crippen LogP contribution in [0.4, 0.5) is 8.78 Å². The van der Waals surface area contributed by atoms with E-state index in [1.807, 2.05) is 20.8 Å². The first kappa shape index (κ1) is 25.9. The van der Waals surface area contributed by atoms with Gasteiger partial charge in [-0.3, -0.25) is 14.5 Å². The van der Waals surface area contributed by atoms with E-state index in [-0.39, 0.29) is 46.2 Å². The summed E-state index contributed by atoms with van der Waals surface area (Å²) in [6.45, 7) is 6.94. The van der Waals surface area contributed by atoms with Gasteiger partial charge in [0.25, 0.3) is 5.91 Å². The molecular formula is C24H29F2N5O4S. The fraction of sp³-hybridized carbons (Fsp3) is 0.500. The van der Waals surface area contributed by atoms with Crippen molar-refractivity contribution in [3.8, 4) is 17.1 Å². The van der Waals surface area contributed by atoms with Crippen molar-refractivity contribution in [3.05, 3.63) is 35.9 Å². The van der Waals surface area contributed by atoms with Gasteiger partial charge < -0.3 is 10.1 Å². The van der Waals surface area contributed by atoms with E-state index in [1.54, 1.807) is 10.7 Å². The Morgan fingerprint density at radius 1 is 1.22 bits per heavy atom. The van der Waals surface area contributed by atoms with E-state index in [0.717, 1.165) is 6.20 Å². The van der Waals surface area contributed by atoms with Crippen LogP contribution in [0.5, 0.6) is 5.88 Å². The third-order valence-electron chi connectivity index (χ3n) is 6.53. The molecule has 0 bridgehead atoms. The molecule has 1 aliphatic rings. The quantitative estimate of drug-likeness (QED) is 0.500. The average Bonchev–Trinajstić information content (AvgIpc) is 3.20. The molecule has 1 N–H and O–H groups in total. The molecule has 1 unspecified atom stereocenters. The molecule has 1 aliphatic heterocycles. The zero-order valence-corrected chi connectivity index (χ0v) is 21.4. The summed E-state index contributed by atoms with van der Waals surface area (Å²) in [5, 5.41) is 7.55. The number of carbonyl (C=O) groups excluding carboxylic acids is 1. The highest BCUT2D eigenvalue weighted by molar-refractivity contribution is 7.91. The Labute approximate surface area is 208 Å². The number of carbonyl (C=O) groups is 1. The molecule has 0 radical (unpaired) electrons. The number of ether oxygens (including phenoxy) is 1. The van der Waals surface area contributed by atoms with Gasteiger partial charge in [0.2, 0.25) is 12.2 Å². The summed E-state index contributed by atoms with van der Waals surface area (Å²) < 4.78 is 58.4. The topological polar surface area (TPSA) is 116 Å². The highest BCUT2D eigenvalue weighted by Gasteiger charge is 2.35. The Kier molecular flexibility index (Phi) is 7.00. The van der Waals surface area contributed by atoms with Gasteiger partial charge in [0.15, 0.2) is 5.82 Å². The standard InChI is InChI=1S/C24H29F2N5O4S/c1-5-14(2)31-19-10-16(23(32)29-24(4)6-8-36(33,34)9-7-24)12-28-22(19)21(30-31)17-11-20(35-15(3)25)27-13-18(17)26/h10-15H,5-9H2,1-4H3,(H,29,32)/t14-,15?/m0/s1. The molecule has 12 heteroatoms. The Hall–Kier alpha value is -3.15. The molecule has 1 amide bonds. The number of rotatable bonds is 7. The SMILES string of the molecule is CC[C@H](C)n1nc(-c2cc(OC(C)F)ncc2F)c2ncc(C(=O)NC3(C)CCS(=O)(=O)CC3)cc21. The predicted molar refractivity (Wildman–Crippen MR) is 131 cm³/mol. The molecule has 4 heterocycles. The summed E-state index contributed by atoms with van der Waals surface area (Å²) in [5.74, 6) is -1.10. The smallest absolute Gasteiger partial charge is 0.253 e. The van der Waals surface area contributed by atoms with Crippen LogP contribution in [0.2, 0.25) is 0 Å². The van der Waals surface area contributed by atoms with Crippen molar-refractivity contribution in [2.45, 2.75) is 64.9 Å². The molecule has 0 spiro atoms. The summed E-state index contributed by atoms with van der Waals surface area (Å²) in [6, 6.07) is 2.83. The Balaban J connectivity index is 1.73. The molecule has 3 aromatic rings. The molecule has 4 rings (SSSR count). The van der Waals surface area contributed by atoms with Gasteiger partial charge in [0, 0.05) is 36.3 Å². The molecular weight excluding hydrogens is 492 g/mol. The maximum absolute atomic E-state index is 14.8. The van der Waals surface area contributed by atoms with E-state index in [9.17, 15) is 22.0 Å². The summed E-state index contributed by atoms with van der Waals surface area (Å²) in [6.07, 6.45) is 2.06. The number of hydrogen-bond acceptors (Lipinski definition) is 7. The van der Waals surface area contributed by atoms with Gasteiger partial charge in [-0.15, -0.1) is 0 Å². The van der Waals surface area contributed by atoms with Crippen LogP contribution < -0.4 is 10.1 Å². The van der Waals surface area contributed by atoms with Gasteiger partial charge in [-0.1, -0.05) is 6.92 Å². The number of halogens is 2. The average molecular weight is 522 g/mol. The zero-order chi connectivity index (χ0) is 26.3. The van der Waals surface area contributed by atoms with E-state index in [0.29, 0.717) is 30.3 Å². The number of fused-ring (bicyclic) bond motifs is 1. The van der Waals surface area contributed by atoms with Crippen molar-refractivity contribution in [2.24, 2.45) is 0 Å². The van der Waals surface area contributed by atoms with Gasteiger partial charge in [-0.05, 0) is 39.2 Å². The highest BCUT2D eigenvalue weighted by Crippen LogP contribution is 2.33. The summed E-state index contributed by atoms with van der Waals surface area (Å²) in [7, 11) is -3.08. The number of alkyl halides is 1. The fourth-order valence-electron chi connectivity index (χ4n) is 4.13. The maximum Gasteiger partial charge on any atom is 0.253 e. The van der Waals surface area contributed by atoms with Crippen molar-refractivity contribution in [2.75, 3.05) is 11.5 Å². The number of aromatic nitrogens is 4. The van der Waals surface area contributed by atoms with Gasteiger partial charge >= 0.3 is 0 Å². The van der Waals surface area contributed by atoms with Crippen LogP contribution in [0.1, 0.15) is 63.4 Å². The molecule has 194 valence electrons. The van der Waals surface area contributed by atoms with E-state index in [1.165, 1.54) is 19.2 Å². The van der Waals surface area contributed by atoms with Gasteiger partial charge in [-0.25, -0.2) is 22.2 Å². The molecule has 0 aromatic carbocycles. The van der Waals surface area contributed by atoms with E-state index < -0.39 is 27.6 Å². The minimum Gasteiger partial charge on any atom is -0.444 e. The van der Waals surface area contributed by atoms with Crippen LogP contribution in [0, 0.1) is 5.82 Å². The lowest BCUT2D eigenvalue weighted by Crippen LogP contribution is -2.50. The number of hydrogen-bond donors (Lipinski definition) is 1. The summed E-state index contributed by atoms with van der Waals surface area (Å²) in [5.41, 5.74) is 0.792. The molecule has 1 fully saturated rings. The number of sulfone groups is 1. The van der Waals surface area contributed by atoms with Crippen LogP contribution in [0.3, 0.4) is 0 Å². The fourth-order valence-corrected chi connectivity index (χ4v) is 5.85. The normalized spacial score (nSPS) is 18.5. The Morgan fingerprint density at radius 2 is 1.92 bits per heavy atom. The predicted octanol–water partition coefficient (Wildman–Crippen LogP) is 3.99. The molecule has 3 aromatic heterocycles.